The Balaban J connectivity index is 2.38. The molecule has 0 saturated heterocycles. The molecule has 0 bridgehead atoms. The van der Waals surface area contributed by atoms with Gasteiger partial charge in [-0.3, -0.25) is 0 Å². The predicted octanol–water partition coefficient (Wildman–Crippen LogP) is 4.33. The molecule has 0 fully saturated rings. The first kappa shape index (κ1) is 7.99. The summed E-state index contributed by atoms with van der Waals surface area (Å²) < 4.78 is 10.8. The zero-order chi connectivity index (χ0) is 10.5. The maximum Gasteiger partial charge on any atom is 0.141 e. The molecule has 0 amide bonds. The Morgan fingerprint density at radius 1 is 0.688 bits per heavy atom. The van der Waals surface area contributed by atoms with E-state index in [-0.39, 0.29) is 0 Å². The Bertz CT molecular complexity index is 735. The van der Waals surface area contributed by atoms with Gasteiger partial charge >= 0.3 is 0 Å². The summed E-state index contributed by atoms with van der Waals surface area (Å²) in [6.07, 6.45) is 5.28. The van der Waals surface area contributed by atoms with Gasteiger partial charge < -0.3 is 8.83 Å². The zero-order valence-electron chi connectivity index (χ0n) is 8.44. The van der Waals surface area contributed by atoms with Gasteiger partial charge in [0.15, 0.2) is 0 Å². The fraction of sp³-hybridized carbons (Fsp3) is 0. The molecular weight excluding hydrogens is 200 g/mol. The number of hydrogen-bond donors (Lipinski definition) is 0. The molecule has 0 unspecified atom stereocenters. The van der Waals surface area contributed by atoms with Crippen LogP contribution < -0.4 is 0 Å². The van der Waals surface area contributed by atoms with E-state index in [4.69, 9.17) is 8.83 Å². The van der Waals surface area contributed by atoms with Crippen LogP contribution in [0.1, 0.15) is 0 Å². The molecule has 0 aliphatic rings. The van der Waals surface area contributed by atoms with Crippen molar-refractivity contribution >= 4 is 32.5 Å². The fourth-order valence-corrected chi connectivity index (χ4v) is 2.28. The number of hydrogen-bond acceptors (Lipinski definition) is 2. The molecular formula is C14H8O2. The molecule has 76 valence electrons. The van der Waals surface area contributed by atoms with Crippen molar-refractivity contribution in [3.8, 4) is 0 Å². The molecule has 0 saturated carbocycles. The second-order valence-electron chi connectivity index (χ2n) is 3.94. The Morgan fingerprint density at radius 3 is 2.56 bits per heavy atom. The van der Waals surface area contributed by atoms with Crippen LogP contribution in [-0.4, -0.2) is 0 Å². The van der Waals surface area contributed by atoms with Gasteiger partial charge in [0.25, 0.3) is 0 Å². The Labute approximate surface area is 91.1 Å². The lowest BCUT2D eigenvalue weighted by atomic mass is 10.0. The Kier molecular flexibility index (Phi) is 1.33. The third-order valence-corrected chi connectivity index (χ3v) is 3.07. The molecule has 0 N–H and O–H groups in total. The van der Waals surface area contributed by atoms with Gasteiger partial charge in [0, 0.05) is 21.5 Å². The highest BCUT2D eigenvalue weighted by atomic mass is 16.3. The maximum atomic E-state index is 5.53. The van der Waals surface area contributed by atoms with Crippen LogP contribution in [0.5, 0.6) is 0 Å². The van der Waals surface area contributed by atoms with E-state index >= 15 is 0 Å². The van der Waals surface area contributed by atoms with Crippen LogP contribution in [0.3, 0.4) is 0 Å². The largest absolute Gasteiger partial charge is 0.471 e. The molecule has 2 heterocycles. The second kappa shape index (κ2) is 2.67. The first-order valence-corrected chi connectivity index (χ1v) is 5.18. The van der Waals surface area contributed by atoms with E-state index in [0.717, 1.165) is 27.1 Å². The Hall–Kier alpha value is -2.22. The quantitative estimate of drug-likeness (QED) is 0.430. The molecule has 4 aromatic rings. The summed E-state index contributed by atoms with van der Waals surface area (Å²) in [7, 11) is 0. The molecule has 2 aromatic heterocycles. The van der Waals surface area contributed by atoms with Gasteiger partial charge in [0.1, 0.15) is 5.58 Å². The van der Waals surface area contributed by atoms with Crippen molar-refractivity contribution in [3.05, 3.63) is 49.1 Å². The normalized spacial score (nSPS) is 11.8. The summed E-state index contributed by atoms with van der Waals surface area (Å²) >= 11 is 0. The van der Waals surface area contributed by atoms with Gasteiger partial charge in [-0.25, -0.2) is 0 Å². The van der Waals surface area contributed by atoms with E-state index in [9.17, 15) is 0 Å². The third kappa shape index (κ3) is 0.865. The van der Waals surface area contributed by atoms with Gasteiger partial charge in [0.2, 0.25) is 0 Å². The van der Waals surface area contributed by atoms with Crippen molar-refractivity contribution in [2.75, 3.05) is 0 Å². The number of furan rings is 2. The molecule has 0 spiro atoms. The van der Waals surface area contributed by atoms with Crippen LogP contribution in [-0.2, 0) is 0 Å². The van der Waals surface area contributed by atoms with Crippen molar-refractivity contribution in [2.24, 2.45) is 0 Å². The SMILES string of the molecule is c1cc2ccc3c4cocc4ccc3c2o1. The van der Waals surface area contributed by atoms with E-state index < -0.39 is 0 Å². The minimum Gasteiger partial charge on any atom is -0.471 e. The average molecular weight is 208 g/mol. The highest BCUT2D eigenvalue weighted by Crippen LogP contribution is 2.31. The van der Waals surface area contributed by atoms with E-state index in [2.05, 4.69) is 24.3 Å². The fourth-order valence-electron chi connectivity index (χ4n) is 2.28. The minimum absolute atomic E-state index is 0.945. The summed E-state index contributed by atoms with van der Waals surface area (Å²) in [4.78, 5) is 0. The van der Waals surface area contributed by atoms with Crippen LogP contribution in [0.2, 0.25) is 0 Å². The molecule has 0 aliphatic heterocycles. The van der Waals surface area contributed by atoms with Crippen LogP contribution in [0.25, 0.3) is 32.5 Å². The van der Waals surface area contributed by atoms with Gasteiger partial charge in [-0.1, -0.05) is 18.2 Å². The van der Waals surface area contributed by atoms with Crippen molar-refractivity contribution < 1.29 is 8.83 Å². The summed E-state index contributed by atoms with van der Waals surface area (Å²) in [5.41, 5.74) is 0.945. The average Bonchev–Trinajstić information content (AvgIpc) is 2.96. The third-order valence-electron chi connectivity index (χ3n) is 3.07. The van der Waals surface area contributed by atoms with Crippen LogP contribution >= 0.6 is 0 Å². The van der Waals surface area contributed by atoms with Crippen molar-refractivity contribution in [2.45, 2.75) is 0 Å². The van der Waals surface area contributed by atoms with Crippen molar-refractivity contribution in [1.82, 2.24) is 0 Å². The first-order valence-electron chi connectivity index (χ1n) is 5.18. The Morgan fingerprint density at radius 2 is 1.56 bits per heavy atom. The van der Waals surface area contributed by atoms with Crippen LogP contribution in [0.4, 0.5) is 0 Å². The summed E-state index contributed by atoms with van der Waals surface area (Å²) in [5.74, 6) is 0. The van der Waals surface area contributed by atoms with E-state index in [1.54, 1.807) is 18.8 Å². The summed E-state index contributed by atoms with van der Waals surface area (Å²) in [6, 6.07) is 10.3. The summed E-state index contributed by atoms with van der Waals surface area (Å²) in [5, 5.41) is 5.70. The summed E-state index contributed by atoms with van der Waals surface area (Å²) in [6.45, 7) is 0. The topological polar surface area (TPSA) is 26.3 Å². The smallest absolute Gasteiger partial charge is 0.141 e. The molecule has 0 atom stereocenters. The maximum absolute atomic E-state index is 5.53. The van der Waals surface area contributed by atoms with Gasteiger partial charge in [0.05, 0.1) is 18.8 Å². The molecule has 2 heteroatoms. The number of rotatable bonds is 0. The van der Waals surface area contributed by atoms with Crippen molar-refractivity contribution in [1.29, 1.82) is 0 Å². The second-order valence-corrected chi connectivity index (χ2v) is 3.94. The van der Waals surface area contributed by atoms with Crippen LogP contribution in [0.15, 0.2) is 58.0 Å². The highest BCUT2D eigenvalue weighted by molar-refractivity contribution is 6.15. The first-order chi connectivity index (χ1) is 7.93. The van der Waals surface area contributed by atoms with Gasteiger partial charge in [-0.15, -0.1) is 0 Å². The van der Waals surface area contributed by atoms with E-state index in [1.807, 2.05) is 6.07 Å². The molecule has 0 aliphatic carbocycles. The zero-order valence-corrected chi connectivity index (χ0v) is 8.44. The molecule has 2 aromatic carbocycles. The number of fused-ring (bicyclic) bond motifs is 5. The molecule has 4 rings (SSSR count). The molecule has 0 radical (unpaired) electrons. The van der Waals surface area contributed by atoms with E-state index in [0.29, 0.717) is 0 Å². The van der Waals surface area contributed by atoms with Crippen LogP contribution in [0, 0.1) is 0 Å². The standard InChI is InChI=1S/C14H8O2/c1-3-11-12(14-9(1)5-6-16-14)4-2-10-7-15-8-13(10)11/h1-8H. The monoisotopic (exact) mass is 208 g/mol. The minimum atomic E-state index is 0.945. The molecule has 16 heavy (non-hydrogen) atoms. The number of benzene rings is 2. The lowest BCUT2D eigenvalue weighted by molar-refractivity contribution is 0.572. The lowest BCUT2D eigenvalue weighted by Crippen LogP contribution is -1.74. The van der Waals surface area contributed by atoms with Crippen molar-refractivity contribution in [3.63, 3.8) is 0 Å². The lowest BCUT2D eigenvalue weighted by Gasteiger charge is -1.99. The predicted molar refractivity (Wildman–Crippen MR) is 63.5 cm³/mol. The highest BCUT2D eigenvalue weighted by Gasteiger charge is 2.07. The van der Waals surface area contributed by atoms with Gasteiger partial charge in [-0.05, 0) is 17.5 Å². The molecule has 2 nitrogen and oxygen atoms in total. The van der Waals surface area contributed by atoms with Gasteiger partial charge in [-0.2, -0.15) is 0 Å². The van der Waals surface area contributed by atoms with E-state index in [1.165, 1.54) is 5.39 Å².